The molecule has 0 saturated heterocycles. The van der Waals surface area contributed by atoms with Gasteiger partial charge in [-0.15, -0.1) is 11.3 Å². The lowest BCUT2D eigenvalue weighted by atomic mass is 10.2. The average molecular weight is 436 g/mol. The normalized spacial score (nSPS) is 11.1. The van der Waals surface area contributed by atoms with Crippen LogP contribution in [-0.2, 0) is 0 Å². The fraction of sp³-hybridized carbons (Fsp3) is 0. The highest BCUT2D eigenvalue weighted by Gasteiger charge is 2.16. The van der Waals surface area contributed by atoms with Gasteiger partial charge >= 0.3 is 0 Å². The van der Waals surface area contributed by atoms with Crippen molar-refractivity contribution in [2.45, 2.75) is 10.1 Å². The number of hydrogen-bond acceptors (Lipinski definition) is 7. The Balaban J connectivity index is 1.54. The van der Waals surface area contributed by atoms with Gasteiger partial charge < -0.3 is 0 Å². The van der Waals surface area contributed by atoms with Crippen molar-refractivity contribution in [3.8, 4) is 11.3 Å². The van der Waals surface area contributed by atoms with E-state index in [9.17, 15) is 14.5 Å². The zero-order valence-electron chi connectivity index (χ0n) is 15.3. The van der Waals surface area contributed by atoms with E-state index in [2.05, 4.69) is 15.0 Å². The third-order valence-corrected chi connectivity index (χ3v) is 5.77. The van der Waals surface area contributed by atoms with Crippen LogP contribution < -0.4 is 0 Å². The molecule has 9 heteroatoms. The fourth-order valence-electron chi connectivity index (χ4n) is 2.59. The molecule has 0 aliphatic heterocycles. The Morgan fingerprint density at radius 1 is 1.07 bits per heavy atom. The van der Waals surface area contributed by atoms with Crippen LogP contribution in [-0.4, -0.2) is 19.9 Å². The summed E-state index contributed by atoms with van der Waals surface area (Å²) in [4.78, 5) is 24.3. The number of thiazole rings is 1. The summed E-state index contributed by atoms with van der Waals surface area (Å²) < 4.78 is 13.1. The predicted molar refractivity (Wildman–Crippen MR) is 116 cm³/mol. The second kappa shape index (κ2) is 8.93. The molecule has 148 valence electrons. The van der Waals surface area contributed by atoms with Gasteiger partial charge in [-0.2, -0.15) is 0 Å². The van der Waals surface area contributed by atoms with Gasteiger partial charge in [-0.05, 0) is 59.8 Å². The number of halogens is 1. The van der Waals surface area contributed by atoms with E-state index in [0.717, 1.165) is 28.0 Å². The molecule has 0 saturated carbocycles. The summed E-state index contributed by atoms with van der Waals surface area (Å²) in [6.45, 7) is 0. The zero-order valence-corrected chi connectivity index (χ0v) is 16.9. The molecule has 0 unspecified atom stereocenters. The van der Waals surface area contributed by atoms with Crippen molar-refractivity contribution in [2.24, 2.45) is 0 Å². The third-order valence-electron chi connectivity index (χ3n) is 4.00. The van der Waals surface area contributed by atoms with Crippen LogP contribution in [0.1, 0.15) is 10.6 Å². The molecule has 0 atom stereocenters. The van der Waals surface area contributed by atoms with Gasteiger partial charge in [0.2, 0.25) is 0 Å². The summed E-state index contributed by atoms with van der Waals surface area (Å²) >= 11 is 2.58. The molecule has 0 radical (unpaired) electrons. The number of rotatable bonds is 6. The Morgan fingerprint density at radius 3 is 2.57 bits per heavy atom. The number of nitro groups is 1. The molecule has 4 rings (SSSR count). The fourth-order valence-corrected chi connectivity index (χ4v) is 4.11. The van der Waals surface area contributed by atoms with Gasteiger partial charge in [0.1, 0.15) is 10.8 Å². The molecule has 2 heterocycles. The van der Waals surface area contributed by atoms with Gasteiger partial charge in [-0.1, -0.05) is 12.1 Å². The quantitative estimate of drug-likeness (QED) is 0.210. The van der Waals surface area contributed by atoms with Gasteiger partial charge in [0.25, 0.3) is 5.69 Å². The van der Waals surface area contributed by atoms with Crippen LogP contribution in [0.3, 0.4) is 0 Å². The van der Waals surface area contributed by atoms with Crippen molar-refractivity contribution in [2.75, 3.05) is 0 Å². The average Bonchev–Trinajstić information content (AvgIpc) is 3.23. The summed E-state index contributed by atoms with van der Waals surface area (Å²) in [6.07, 6.45) is 6.75. The minimum atomic E-state index is -0.418. The smallest absolute Gasteiger partial charge is 0.258 e. The molecule has 2 aromatic heterocycles. The molecule has 0 N–H and O–H groups in total. The topological polar surface area (TPSA) is 81.8 Å². The number of aromatic nitrogens is 3. The van der Waals surface area contributed by atoms with E-state index in [-0.39, 0.29) is 11.5 Å². The molecule has 0 fully saturated rings. The van der Waals surface area contributed by atoms with Crippen LogP contribution >= 0.6 is 23.1 Å². The standard InChI is InChI=1S/C21H13FN4O2S2/c22-16-6-4-15(5-7-16)17-13-29-20(25-17)9-3-14-2-8-19(18(12-14)26(27)28)30-21-23-10-1-11-24-21/h1-13H. The van der Waals surface area contributed by atoms with Gasteiger partial charge in [0, 0.05) is 29.4 Å². The first-order chi connectivity index (χ1) is 14.6. The molecular formula is C21H13FN4O2S2. The Hall–Kier alpha value is -3.43. The first-order valence-electron chi connectivity index (χ1n) is 8.71. The van der Waals surface area contributed by atoms with E-state index in [1.54, 1.807) is 54.9 Å². The minimum Gasteiger partial charge on any atom is -0.258 e. The largest absolute Gasteiger partial charge is 0.283 e. The monoisotopic (exact) mass is 436 g/mol. The van der Waals surface area contributed by atoms with Crippen molar-refractivity contribution in [3.05, 3.63) is 92.8 Å². The Bertz CT molecular complexity index is 1210. The first kappa shape index (κ1) is 19.9. The van der Waals surface area contributed by atoms with E-state index in [0.29, 0.717) is 15.6 Å². The minimum absolute atomic E-state index is 0.0132. The van der Waals surface area contributed by atoms with Crippen molar-refractivity contribution >= 4 is 40.9 Å². The molecule has 0 spiro atoms. The van der Waals surface area contributed by atoms with Crippen molar-refractivity contribution in [1.82, 2.24) is 15.0 Å². The highest BCUT2D eigenvalue weighted by atomic mass is 32.2. The number of nitrogens with zero attached hydrogens (tertiary/aromatic N) is 4. The highest BCUT2D eigenvalue weighted by Crippen LogP contribution is 2.34. The lowest BCUT2D eigenvalue weighted by Crippen LogP contribution is -1.93. The summed E-state index contributed by atoms with van der Waals surface area (Å²) in [5.74, 6) is -0.295. The van der Waals surface area contributed by atoms with Gasteiger partial charge in [0.15, 0.2) is 5.16 Å². The molecule has 4 aromatic rings. The van der Waals surface area contributed by atoms with E-state index in [4.69, 9.17) is 0 Å². The lowest BCUT2D eigenvalue weighted by molar-refractivity contribution is -0.387. The van der Waals surface area contributed by atoms with Crippen LogP contribution in [0.5, 0.6) is 0 Å². The highest BCUT2D eigenvalue weighted by molar-refractivity contribution is 7.99. The van der Waals surface area contributed by atoms with Gasteiger partial charge in [0.05, 0.1) is 15.5 Å². The summed E-state index contributed by atoms with van der Waals surface area (Å²) in [5.41, 5.74) is 2.24. The molecule has 0 aliphatic carbocycles. The first-order valence-corrected chi connectivity index (χ1v) is 10.4. The molecule has 0 amide bonds. The third kappa shape index (κ3) is 4.76. The Kier molecular flexibility index (Phi) is 5.92. The molecule has 0 bridgehead atoms. The summed E-state index contributed by atoms with van der Waals surface area (Å²) in [6, 6.07) is 12.8. The Morgan fingerprint density at radius 2 is 1.83 bits per heavy atom. The van der Waals surface area contributed by atoms with E-state index >= 15 is 0 Å². The summed E-state index contributed by atoms with van der Waals surface area (Å²) in [5, 5.41) is 14.6. The molecule has 6 nitrogen and oxygen atoms in total. The van der Waals surface area contributed by atoms with Crippen molar-refractivity contribution < 1.29 is 9.31 Å². The van der Waals surface area contributed by atoms with Crippen LogP contribution in [0.25, 0.3) is 23.4 Å². The second-order valence-electron chi connectivity index (χ2n) is 6.03. The van der Waals surface area contributed by atoms with Crippen molar-refractivity contribution in [3.63, 3.8) is 0 Å². The zero-order chi connectivity index (χ0) is 20.9. The number of nitro benzene ring substituents is 1. The van der Waals surface area contributed by atoms with Crippen LogP contribution in [0.15, 0.2) is 76.4 Å². The van der Waals surface area contributed by atoms with Gasteiger partial charge in [-0.3, -0.25) is 10.1 Å². The second-order valence-corrected chi connectivity index (χ2v) is 7.93. The Labute approximate surface area is 179 Å². The molecule has 2 aromatic carbocycles. The number of benzene rings is 2. The van der Waals surface area contributed by atoms with Crippen molar-refractivity contribution in [1.29, 1.82) is 0 Å². The predicted octanol–water partition coefficient (Wildman–Crippen LogP) is 5.97. The maximum Gasteiger partial charge on any atom is 0.283 e. The van der Waals surface area contributed by atoms with Crippen LogP contribution in [0.4, 0.5) is 10.1 Å². The molecular weight excluding hydrogens is 423 g/mol. The molecule has 30 heavy (non-hydrogen) atoms. The SMILES string of the molecule is O=[N+]([O-])c1cc(C=Cc2nc(-c3ccc(F)cc3)cs2)ccc1Sc1ncccn1. The molecule has 0 aliphatic rings. The van der Waals surface area contributed by atoms with E-state index in [1.807, 2.05) is 5.38 Å². The maximum absolute atomic E-state index is 13.1. The number of hydrogen-bond donors (Lipinski definition) is 0. The maximum atomic E-state index is 13.1. The van der Waals surface area contributed by atoms with E-state index < -0.39 is 4.92 Å². The van der Waals surface area contributed by atoms with Crippen LogP contribution in [0, 0.1) is 15.9 Å². The van der Waals surface area contributed by atoms with E-state index in [1.165, 1.54) is 29.5 Å². The lowest BCUT2D eigenvalue weighted by Gasteiger charge is -2.02. The van der Waals surface area contributed by atoms with Gasteiger partial charge in [-0.25, -0.2) is 19.3 Å². The van der Waals surface area contributed by atoms with Crippen LogP contribution in [0.2, 0.25) is 0 Å². The summed E-state index contributed by atoms with van der Waals surface area (Å²) in [7, 11) is 0.